The number of nitrogens with two attached hydrogens (primary N) is 1. The average Bonchev–Trinajstić information content (AvgIpc) is 2.36. The van der Waals surface area contributed by atoms with E-state index in [9.17, 15) is 34.4 Å². The van der Waals surface area contributed by atoms with Crippen molar-refractivity contribution in [1.29, 1.82) is 0 Å². The Hall–Kier alpha value is 1.53. The Morgan fingerprint density at radius 1 is 1.12 bits per heavy atom. The SMILES string of the molecule is NOS(=O)(=O)OC1CC(COS(=O)(=O)[O-])OCC1NS(=O)(=O)[O-].[Na+].[Na+]. The molecule has 0 amide bonds. The van der Waals surface area contributed by atoms with E-state index in [0.29, 0.717) is 0 Å². The molecule has 25 heavy (non-hydrogen) atoms. The van der Waals surface area contributed by atoms with Gasteiger partial charge in [-0.2, -0.15) is 18.6 Å². The number of hydrogen-bond acceptors (Lipinski definition) is 13. The van der Waals surface area contributed by atoms with Crippen LogP contribution in [-0.4, -0.2) is 65.8 Å². The molecule has 3 atom stereocenters. The molecule has 1 saturated heterocycles. The molecule has 0 bridgehead atoms. The zero-order valence-electron chi connectivity index (χ0n) is 13.1. The fourth-order valence-corrected chi connectivity index (χ4v) is 3.16. The van der Waals surface area contributed by atoms with Gasteiger partial charge in [-0.15, -0.1) is 0 Å². The van der Waals surface area contributed by atoms with Crippen molar-refractivity contribution < 1.29 is 111 Å². The van der Waals surface area contributed by atoms with Gasteiger partial charge in [-0.25, -0.2) is 25.7 Å². The Balaban J connectivity index is 0. The van der Waals surface area contributed by atoms with Crippen molar-refractivity contribution in [3.63, 3.8) is 0 Å². The van der Waals surface area contributed by atoms with E-state index >= 15 is 0 Å². The first-order valence-electron chi connectivity index (χ1n) is 5.58. The van der Waals surface area contributed by atoms with Gasteiger partial charge in [0, 0.05) is 6.42 Å². The first kappa shape index (κ1) is 28.7. The van der Waals surface area contributed by atoms with Crippen molar-refractivity contribution in [2.45, 2.75) is 24.7 Å². The molecule has 1 aliphatic heterocycles. The van der Waals surface area contributed by atoms with Crippen LogP contribution in [0.2, 0.25) is 0 Å². The number of hydrogen-bond donors (Lipinski definition) is 2. The molecule has 0 aromatic rings. The van der Waals surface area contributed by atoms with Gasteiger partial charge in [0.2, 0.25) is 10.4 Å². The van der Waals surface area contributed by atoms with Gasteiger partial charge in [-0.05, 0) is 0 Å². The van der Waals surface area contributed by atoms with Gasteiger partial charge in [0.1, 0.15) is 6.10 Å². The molecule has 0 aliphatic carbocycles. The minimum Gasteiger partial charge on any atom is -0.735 e. The van der Waals surface area contributed by atoms with Crippen LogP contribution in [0.1, 0.15) is 6.42 Å². The zero-order chi connectivity index (χ0) is 17.9. The summed E-state index contributed by atoms with van der Waals surface area (Å²) in [4.78, 5) is 0. The van der Waals surface area contributed by atoms with Crippen molar-refractivity contribution in [3.8, 4) is 0 Å². The molecule has 138 valence electrons. The number of ether oxygens (including phenoxy) is 1. The van der Waals surface area contributed by atoms with E-state index in [4.69, 9.17) is 4.74 Å². The third-order valence-corrected chi connectivity index (χ3v) is 4.24. The van der Waals surface area contributed by atoms with Gasteiger partial charge >= 0.3 is 69.5 Å². The van der Waals surface area contributed by atoms with Crippen molar-refractivity contribution in [2.24, 2.45) is 5.90 Å². The van der Waals surface area contributed by atoms with Gasteiger partial charge < -0.3 is 13.8 Å². The molecule has 0 spiro atoms. The van der Waals surface area contributed by atoms with Crippen LogP contribution in [0.4, 0.5) is 0 Å². The monoisotopic (exact) mass is 446 g/mol. The Kier molecular flexibility index (Phi) is 13.2. The average molecular weight is 446 g/mol. The zero-order valence-corrected chi connectivity index (χ0v) is 19.5. The summed E-state index contributed by atoms with van der Waals surface area (Å²) in [6.45, 7) is -1.34. The summed E-state index contributed by atoms with van der Waals surface area (Å²) >= 11 is 0. The summed E-state index contributed by atoms with van der Waals surface area (Å²) in [5, 5.41) is 0. The predicted molar refractivity (Wildman–Crippen MR) is 65.7 cm³/mol. The largest absolute Gasteiger partial charge is 1.00 e. The third-order valence-electron chi connectivity index (χ3n) is 2.51. The summed E-state index contributed by atoms with van der Waals surface area (Å²) < 4.78 is 104. The molecule has 14 nitrogen and oxygen atoms in total. The first-order valence-corrected chi connectivity index (χ1v) is 9.65. The molecule has 1 rings (SSSR count). The summed E-state index contributed by atoms with van der Waals surface area (Å²) in [5.74, 6) is 4.46. The van der Waals surface area contributed by atoms with Crippen molar-refractivity contribution in [2.75, 3.05) is 13.2 Å². The molecule has 1 heterocycles. The van der Waals surface area contributed by atoms with Crippen LogP contribution in [0.3, 0.4) is 0 Å². The summed E-state index contributed by atoms with van der Waals surface area (Å²) in [6.07, 6.45) is -3.11. The summed E-state index contributed by atoms with van der Waals surface area (Å²) in [7, 11) is -14.7. The van der Waals surface area contributed by atoms with Crippen LogP contribution in [0.25, 0.3) is 0 Å². The fraction of sp³-hybridized carbons (Fsp3) is 1.00. The van der Waals surface area contributed by atoms with Crippen molar-refractivity contribution in [3.05, 3.63) is 0 Å². The minimum absolute atomic E-state index is 0. The molecular weight excluding hydrogens is 434 g/mol. The van der Waals surface area contributed by atoms with E-state index in [-0.39, 0.29) is 59.1 Å². The second-order valence-corrected chi connectivity index (χ2v) is 7.60. The maximum atomic E-state index is 11.2. The summed E-state index contributed by atoms with van der Waals surface area (Å²) in [5.41, 5.74) is 0. The van der Waals surface area contributed by atoms with Gasteiger partial charge in [-0.3, -0.25) is 4.18 Å². The van der Waals surface area contributed by atoms with Crippen LogP contribution in [-0.2, 0) is 48.5 Å². The van der Waals surface area contributed by atoms with Gasteiger partial charge in [0.15, 0.2) is 10.3 Å². The minimum atomic E-state index is -5.02. The molecule has 3 unspecified atom stereocenters. The molecule has 1 fully saturated rings. The Bertz CT molecular complexity index is 709. The topological polar surface area (TPSA) is 224 Å². The van der Waals surface area contributed by atoms with E-state index in [1.807, 2.05) is 0 Å². The third kappa shape index (κ3) is 12.6. The smallest absolute Gasteiger partial charge is 0.735 e. The Labute approximate surface area is 188 Å². The quantitative estimate of drug-likeness (QED) is 0.153. The molecule has 0 saturated carbocycles. The predicted octanol–water partition coefficient (Wildman–Crippen LogP) is -9.80. The fourth-order valence-electron chi connectivity index (χ4n) is 1.69. The molecule has 0 radical (unpaired) electrons. The first-order chi connectivity index (χ1) is 10.3. The van der Waals surface area contributed by atoms with Crippen molar-refractivity contribution >= 4 is 31.1 Å². The van der Waals surface area contributed by atoms with Crippen LogP contribution >= 0.6 is 0 Å². The van der Waals surface area contributed by atoms with Crippen molar-refractivity contribution in [1.82, 2.24) is 4.72 Å². The van der Waals surface area contributed by atoms with Crippen LogP contribution in [0.15, 0.2) is 0 Å². The normalized spacial score (nSPS) is 24.8. The van der Waals surface area contributed by atoms with E-state index in [2.05, 4.69) is 18.5 Å². The van der Waals surface area contributed by atoms with Gasteiger partial charge in [-0.1, -0.05) is 0 Å². The van der Waals surface area contributed by atoms with Crippen LogP contribution in [0, 0.1) is 0 Å². The van der Waals surface area contributed by atoms with Gasteiger partial charge in [0.05, 0.1) is 25.4 Å². The molecule has 3 N–H and O–H groups in total. The van der Waals surface area contributed by atoms with E-state index < -0.39 is 69.0 Å². The Morgan fingerprint density at radius 3 is 2.12 bits per heavy atom. The summed E-state index contributed by atoms with van der Waals surface area (Å²) in [6, 6.07) is -1.43. The van der Waals surface area contributed by atoms with Crippen LogP contribution in [0.5, 0.6) is 0 Å². The van der Waals surface area contributed by atoms with Gasteiger partial charge in [0.25, 0.3) is 0 Å². The number of nitrogens with one attached hydrogen (secondary N) is 1. The number of rotatable bonds is 8. The van der Waals surface area contributed by atoms with E-state index in [0.717, 1.165) is 0 Å². The van der Waals surface area contributed by atoms with E-state index in [1.54, 1.807) is 0 Å². The molecular formula is C6H12N2Na2O12S3. The maximum absolute atomic E-state index is 11.2. The molecule has 0 aromatic heterocycles. The second-order valence-electron chi connectivity index (χ2n) is 4.20. The maximum Gasteiger partial charge on any atom is 1.00 e. The van der Waals surface area contributed by atoms with Crippen LogP contribution < -0.4 is 69.7 Å². The Morgan fingerprint density at radius 2 is 1.68 bits per heavy atom. The molecule has 1 aliphatic rings. The molecule has 0 aromatic carbocycles. The standard InChI is InChI=1S/C6H14N2O12S3.2Na/c7-20-23(15,16)19-6-1-4(2-18-22(12,13)14)17-3-5(6)8-21(9,10)11;;/h4-6,8H,1-3,7H2,(H,9,10,11)(H,12,13,14);;/q;2*+1/p-2. The molecule has 19 heteroatoms. The second kappa shape index (κ2) is 11.5. The van der Waals surface area contributed by atoms with E-state index in [1.165, 1.54) is 4.72 Å².